The van der Waals surface area contributed by atoms with E-state index in [-0.39, 0.29) is 6.04 Å². The Morgan fingerprint density at radius 3 is 2.90 bits per heavy atom. The van der Waals surface area contributed by atoms with Gasteiger partial charge in [-0.05, 0) is 37.5 Å². The van der Waals surface area contributed by atoms with Crippen molar-refractivity contribution in [2.45, 2.75) is 31.5 Å². The third-order valence-corrected chi connectivity index (χ3v) is 3.91. The van der Waals surface area contributed by atoms with E-state index in [2.05, 4.69) is 10.4 Å². The molecule has 0 saturated carbocycles. The summed E-state index contributed by atoms with van der Waals surface area (Å²) < 4.78 is 40.1. The van der Waals surface area contributed by atoms with Crippen molar-refractivity contribution in [1.29, 1.82) is 0 Å². The van der Waals surface area contributed by atoms with Crippen LogP contribution in [0.15, 0.2) is 30.5 Å². The Labute approximate surface area is 120 Å². The molecule has 1 N–H and O–H groups in total. The van der Waals surface area contributed by atoms with E-state index in [1.807, 2.05) is 11.7 Å². The SMILES string of the molecule is Cn1ncc2c1CCCC2Nc1cccc(C(F)(F)F)c1. The third kappa shape index (κ3) is 2.75. The fourth-order valence-corrected chi connectivity index (χ4v) is 2.84. The Hall–Kier alpha value is -1.98. The topological polar surface area (TPSA) is 29.9 Å². The van der Waals surface area contributed by atoms with E-state index in [0.717, 1.165) is 42.7 Å². The molecule has 3 rings (SSSR count). The molecule has 0 fully saturated rings. The Morgan fingerprint density at radius 1 is 1.33 bits per heavy atom. The molecule has 112 valence electrons. The molecule has 1 atom stereocenters. The highest BCUT2D eigenvalue weighted by Crippen LogP contribution is 2.34. The van der Waals surface area contributed by atoms with Gasteiger partial charge >= 0.3 is 6.18 Å². The van der Waals surface area contributed by atoms with Crippen LogP contribution < -0.4 is 5.32 Å². The summed E-state index contributed by atoms with van der Waals surface area (Å²) in [5.74, 6) is 0. The van der Waals surface area contributed by atoms with Crippen LogP contribution in [0.2, 0.25) is 0 Å². The molecular formula is C15H16F3N3. The highest BCUT2D eigenvalue weighted by atomic mass is 19.4. The number of hydrogen-bond acceptors (Lipinski definition) is 2. The van der Waals surface area contributed by atoms with Gasteiger partial charge in [-0.2, -0.15) is 18.3 Å². The van der Waals surface area contributed by atoms with Gasteiger partial charge in [0.2, 0.25) is 0 Å². The zero-order chi connectivity index (χ0) is 15.0. The van der Waals surface area contributed by atoms with E-state index >= 15 is 0 Å². The molecule has 1 unspecified atom stereocenters. The lowest BCUT2D eigenvalue weighted by atomic mass is 9.92. The summed E-state index contributed by atoms with van der Waals surface area (Å²) in [4.78, 5) is 0. The van der Waals surface area contributed by atoms with Crippen molar-refractivity contribution in [3.63, 3.8) is 0 Å². The first-order chi connectivity index (χ1) is 9.95. The van der Waals surface area contributed by atoms with Crippen LogP contribution >= 0.6 is 0 Å². The van der Waals surface area contributed by atoms with Gasteiger partial charge in [0.05, 0.1) is 17.8 Å². The Bertz CT molecular complexity index is 646. The maximum absolute atomic E-state index is 12.7. The minimum absolute atomic E-state index is 0.0194. The predicted molar refractivity (Wildman–Crippen MR) is 74.0 cm³/mol. The zero-order valence-corrected chi connectivity index (χ0v) is 11.6. The van der Waals surface area contributed by atoms with Crippen LogP contribution in [0.25, 0.3) is 0 Å². The van der Waals surface area contributed by atoms with Gasteiger partial charge in [0.15, 0.2) is 0 Å². The van der Waals surface area contributed by atoms with Gasteiger partial charge in [0, 0.05) is 24.0 Å². The summed E-state index contributed by atoms with van der Waals surface area (Å²) in [5.41, 5.74) is 2.10. The number of alkyl halides is 3. The maximum Gasteiger partial charge on any atom is 0.416 e. The standard InChI is InChI=1S/C15H16F3N3/c1-21-14-7-3-6-13(12(14)9-19-21)20-11-5-2-4-10(8-11)15(16,17)18/h2,4-5,8-9,13,20H,3,6-7H2,1H3. The minimum atomic E-state index is -4.32. The van der Waals surface area contributed by atoms with Crippen LogP contribution in [0.3, 0.4) is 0 Å². The summed E-state index contributed by atoms with van der Waals surface area (Å²) in [6.45, 7) is 0. The first-order valence-corrected chi connectivity index (χ1v) is 6.90. The molecule has 2 aromatic rings. The van der Waals surface area contributed by atoms with Crippen LogP contribution in [0.1, 0.15) is 35.7 Å². The van der Waals surface area contributed by atoms with E-state index in [1.54, 1.807) is 12.3 Å². The molecule has 0 aliphatic heterocycles. The summed E-state index contributed by atoms with van der Waals surface area (Å²) in [7, 11) is 1.89. The number of halogens is 3. The van der Waals surface area contributed by atoms with E-state index in [4.69, 9.17) is 0 Å². The van der Waals surface area contributed by atoms with Crippen molar-refractivity contribution in [3.05, 3.63) is 47.3 Å². The fraction of sp³-hybridized carbons (Fsp3) is 0.400. The monoisotopic (exact) mass is 295 g/mol. The Balaban J connectivity index is 1.85. The van der Waals surface area contributed by atoms with E-state index < -0.39 is 11.7 Å². The molecule has 0 radical (unpaired) electrons. The van der Waals surface area contributed by atoms with Gasteiger partial charge in [-0.15, -0.1) is 0 Å². The quantitative estimate of drug-likeness (QED) is 0.909. The van der Waals surface area contributed by atoms with Crippen molar-refractivity contribution in [2.75, 3.05) is 5.32 Å². The molecule has 3 nitrogen and oxygen atoms in total. The van der Waals surface area contributed by atoms with Crippen LogP contribution in [-0.2, 0) is 19.6 Å². The molecule has 0 amide bonds. The number of anilines is 1. The highest BCUT2D eigenvalue weighted by molar-refractivity contribution is 5.49. The predicted octanol–water partition coefficient (Wildman–Crippen LogP) is 3.93. The second-order valence-corrected chi connectivity index (χ2v) is 5.34. The van der Waals surface area contributed by atoms with Crippen LogP contribution in [0.5, 0.6) is 0 Å². The van der Waals surface area contributed by atoms with Gasteiger partial charge in [-0.1, -0.05) is 6.07 Å². The third-order valence-electron chi connectivity index (χ3n) is 3.91. The first kappa shape index (κ1) is 14.0. The summed E-state index contributed by atoms with van der Waals surface area (Å²) in [6.07, 6.45) is 0.355. The molecular weight excluding hydrogens is 279 g/mol. The normalized spacial score (nSPS) is 18.4. The summed E-state index contributed by atoms with van der Waals surface area (Å²) in [6, 6.07) is 5.36. The summed E-state index contributed by atoms with van der Waals surface area (Å²) in [5, 5.41) is 7.45. The Morgan fingerprint density at radius 2 is 2.14 bits per heavy atom. The van der Waals surface area contributed by atoms with Gasteiger partial charge < -0.3 is 5.32 Å². The largest absolute Gasteiger partial charge is 0.416 e. The number of nitrogens with one attached hydrogen (secondary N) is 1. The van der Waals surface area contributed by atoms with Crippen LogP contribution in [-0.4, -0.2) is 9.78 Å². The zero-order valence-electron chi connectivity index (χ0n) is 11.6. The molecule has 6 heteroatoms. The van der Waals surface area contributed by atoms with Crippen molar-refractivity contribution in [2.24, 2.45) is 7.05 Å². The molecule has 21 heavy (non-hydrogen) atoms. The number of aryl methyl sites for hydroxylation is 1. The maximum atomic E-state index is 12.7. The second kappa shape index (κ2) is 5.09. The molecule has 0 saturated heterocycles. The molecule has 0 spiro atoms. The lowest BCUT2D eigenvalue weighted by Gasteiger charge is -2.25. The second-order valence-electron chi connectivity index (χ2n) is 5.34. The molecule has 1 heterocycles. The number of hydrogen-bond donors (Lipinski definition) is 1. The van der Waals surface area contributed by atoms with E-state index in [0.29, 0.717) is 5.69 Å². The minimum Gasteiger partial charge on any atom is -0.378 e. The van der Waals surface area contributed by atoms with E-state index in [9.17, 15) is 13.2 Å². The molecule has 1 aromatic carbocycles. The first-order valence-electron chi connectivity index (χ1n) is 6.90. The van der Waals surface area contributed by atoms with E-state index in [1.165, 1.54) is 6.07 Å². The molecule has 1 aliphatic rings. The number of rotatable bonds is 2. The lowest BCUT2D eigenvalue weighted by Crippen LogP contribution is -2.18. The Kier molecular flexibility index (Phi) is 3.39. The highest BCUT2D eigenvalue weighted by Gasteiger charge is 2.31. The average molecular weight is 295 g/mol. The number of nitrogens with zero attached hydrogens (tertiary/aromatic N) is 2. The molecule has 1 aliphatic carbocycles. The van der Waals surface area contributed by atoms with Gasteiger partial charge in [-0.3, -0.25) is 4.68 Å². The average Bonchev–Trinajstić information content (AvgIpc) is 2.81. The lowest BCUT2D eigenvalue weighted by molar-refractivity contribution is -0.137. The molecule has 0 bridgehead atoms. The van der Waals surface area contributed by atoms with Crippen LogP contribution in [0.4, 0.5) is 18.9 Å². The number of aromatic nitrogens is 2. The summed E-state index contributed by atoms with van der Waals surface area (Å²) >= 11 is 0. The number of fused-ring (bicyclic) bond motifs is 1. The van der Waals surface area contributed by atoms with Gasteiger partial charge in [0.25, 0.3) is 0 Å². The molecule has 1 aromatic heterocycles. The van der Waals surface area contributed by atoms with Crippen molar-refractivity contribution < 1.29 is 13.2 Å². The smallest absolute Gasteiger partial charge is 0.378 e. The van der Waals surface area contributed by atoms with Crippen molar-refractivity contribution >= 4 is 5.69 Å². The fourth-order valence-electron chi connectivity index (χ4n) is 2.84. The van der Waals surface area contributed by atoms with Crippen molar-refractivity contribution in [1.82, 2.24) is 9.78 Å². The number of benzene rings is 1. The van der Waals surface area contributed by atoms with Crippen molar-refractivity contribution in [3.8, 4) is 0 Å². The van der Waals surface area contributed by atoms with Gasteiger partial charge in [-0.25, -0.2) is 0 Å². The van der Waals surface area contributed by atoms with Gasteiger partial charge in [0.1, 0.15) is 0 Å². The van der Waals surface area contributed by atoms with Crippen LogP contribution in [0, 0.1) is 0 Å².